The van der Waals surface area contributed by atoms with Gasteiger partial charge in [0.15, 0.2) is 5.78 Å². The molecule has 0 amide bonds. The van der Waals surface area contributed by atoms with E-state index in [0.29, 0.717) is 40.3 Å². The number of aliphatic carboxylic acids is 1. The summed E-state index contributed by atoms with van der Waals surface area (Å²) in [5.74, 6) is -0.360. The van der Waals surface area contributed by atoms with E-state index in [-0.39, 0.29) is 17.5 Å². The summed E-state index contributed by atoms with van der Waals surface area (Å²) in [5.41, 5.74) is 2.72. The molecule has 2 aromatic carbocycles. The molecule has 1 saturated carbocycles. The molecule has 0 saturated heterocycles. The van der Waals surface area contributed by atoms with Crippen molar-refractivity contribution in [2.75, 3.05) is 0 Å². The van der Waals surface area contributed by atoms with Gasteiger partial charge in [-0.2, -0.15) is 8.75 Å². The second-order valence-corrected chi connectivity index (χ2v) is 9.38. The fourth-order valence-electron chi connectivity index (χ4n) is 4.48. The molecule has 1 fully saturated rings. The zero-order valence-corrected chi connectivity index (χ0v) is 19.7. The second-order valence-electron chi connectivity index (χ2n) is 8.85. The lowest BCUT2D eigenvalue weighted by Gasteiger charge is -2.23. The maximum Gasteiger partial charge on any atom is 0.336 e. The lowest BCUT2D eigenvalue weighted by molar-refractivity contribution is -0.130. The fourth-order valence-corrected chi connectivity index (χ4v) is 5.00. The Labute approximate surface area is 197 Å². The molecule has 33 heavy (non-hydrogen) atoms. The predicted octanol–water partition coefficient (Wildman–Crippen LogP) is 6.17. The zero-order chi connectivity index (χ0) is 23.4. The van der Waals surface area contributed by atoms with Gasteiger partial charge in [0.25, 0.3) is 0 Å². The molecule has 3 aromatic rings. The van der Waals surface area contributed by atoms with Crippen LogP contribution in [-0.4, -0.2) is 31.7 Å². The number of carboxylic acid groups (broad SMARTS) is 1. The van der Waals surface area contributed by atoms with Gasteiger partial charge in [-0.05, 0) is 68.1 Å². The molecular weight excluding hydrogens is 436 g/mol. The van der Waals surface area contributed by atoms with Crippen molar-refractivity contribution in [3.05, 3.63) is 59.2 Å². The van der Waals surface area contributed by atoms with Crippen molar-refractivity contribution in [2.45, 2.75) is 58.5 Å². The first-order valence-electron chi connectivity index (χ1n) is 11.4. The van der Waals surface area contributed by atoms with Gasteiger partial charge in [0.05, 0.1) is 23.4 Å². The molecule has 0 bridgehead atoms. The van der Waals surface area contributed by atoms with Crippen LogP contribution in [0.5, 0.6) is 5.75 Å². The Hall–Kier alpha value is -3.06. The summed E-state index contributed by atoms with van der Waals surface area (Å²) < 4.78 is 14.1. The van der Waals surface area contributed by atoms with Crippen LogP contribution in [0.15, 0.2) is 48.0 Å². The molecule has 6 nitrogen and oxygen atoms in total. The average molecular weight is 465 g/mol. The van der Waals surface area contributed by atoms with Gasteiger partial charge in [-0.25, -0.2) is 4.79 Å². The number of aromatic nitrogens is 2. The number of hydrogen-bond acceptors (Lipinski definition) is 6. The van der Waals surface area contributed by atoms with Crippen LogP contribution in [0.3, 0.4) is 0 Å². The normalized spacial score (nSPS) is 15.5. The predicted molar refractivity (Wildman–Crippen MR) is 130 cm³/mol. The zero-order valence-electron chi connectivity index (χ0n) is 18.9. The Bertz CT molecular complexity index is 1170. The molecule has 0 atom stereocenters. The lowest BCUT2D eigenvalue weighted by atomic mass is 9.81. The van der Waals surface area contributed by atoms with Crippen molar-refractivity contribution in [1.82, 2.24) is 8.75 Å². The number of fused-ring (bicyclic) bond motifs is 1. The average Bonchev–Trinajstić information content (AvgIpc) is 3.27. The number of allylic oxidation sites excluding steroid dienone is 1. The lowest BCUT2D eigenvalue weighted by Crippen LogP contribution is -2.17. The Kier molecular flexibility index (Phi) is 7.18. The van der Waals surface area contributed by atoms with E-state index in [9.17, 15) is 14.7 Å². The number of benzene rings is 2. The van der Waals surface area contributed by atoms with Crippen LogP contribution >= 0.6 is 11.7 Å². The van der Waals surface area contributed by atoms with Crippen molar-refractivity contribution in [3.63, 3.8) is 0 Å². The number of hydrogen-bond donors (Lipinski definition) is 1. The molecule has 1 aliphatic rings. The summed E-state index contributed by atoms with van der Waals surface area (Å²) >= 11 is 1.08. The molecule has 4 rings (SSSR count). The van der Waals surface area contributed by atoms with Crippen molar-refractivity contribution in [1.29, 1.82) is 0 Å². The number of carboxylic acids is 1. The quantitative estimate of drug-likeness (QED) is 0.317. The Balaban J connectivity index is 1.78. The fraction of sp³-hybridized carbons (Fsp3) is 0.385. The van der Waals surface area contributed by atoms with Crippen LogP contribution in [0.1, 0.15) is 68.3 Å². The minimum atomic E-state index is -1.10. The highest BCUT2D eigenvalue weighted by Crippen LogP contribution is 2.34. The number of nitrogens with zero attached hydrogens (tertiary/aromatic N) is 2. The molecule has 1 N–H and O–H groups in total. The number of carbonyl (C=O) groups excluding carboxylic acids is 1. The first-order valence-corrected chi connectivity index (χ1v) is 12.2. The van der Waals surface area contributed by atoms with Crippen LogP contribution in [0.25, 0.3) is 16.6 Å². The Morgan fingerprint density at radius 2 is 1.67 bits per heavy atom. The molecule has 1 aromatic heterocycles. The minimum absolute atomic E-state index is 0.0297. The molecule has 1 aliphatic carbocycles. The molecule has 0 spiro atoms. The molecule has 172 valence electrons. The van der Waals surface area contributed by atoms with Crippen molar-refractivity contribution in [3.8, 4) is 5.75 Å². The van der Waals surface area contributed by atoms with Gasteiger partial charge in [0.2, 0.25) is 0 Å². The van der Waals surface area contributed by atoms with Gasteiger partial charge in [-0.15, -0.1) is 0 Å². The third-order valence-corrected chi connectivity index (χ3v) is 6.59. The molecule has 0 unspecified atom stereocenters. The number of Topliss-reactive ketones (excluding diaryl/α,β-unsaturated/α-hetero) is 1. The standard InChI is InChI=1S/C26H28N2O4S/c1-16(2)32-20-11-8-18(9-12-20)25(29)21(14-17-6-4-3-5-7-17)24(26(30)31)19-10-13-22-23(15-19)28-33-27-22/h8-13,15-17H,3-7,14H2,1-2H3,(H,30,31). The van der Waals surface area contributed by atoms with E-state index in [1.54, 1.807) is 42.5 Å². The maximum absolute atomic E-state index is 13.7. The van der Waals surface area contributed by atoms with Gasteiger partial charge in [0, 0.05) is 11.1 Å². The van der Waals surface area contributed by atoms with Gasteiger partial charge in [-0.1, -0.05) is 38.2 Å². The van der Waals surface area contributed by atoms with E-state index in [1.807, 2.05) is 13.8 Å². The van der Waals surface area contributed by atoms with E-state index in [2.05, 4.69) is 8.75 Å². The highest BCUT2D eigenvalue weighted by Gasteiger charge is 2.27. The molecule has 0 radical (unpaired) electrons. The van der Waals surface area contributed by atoms with Gasteiger partial charge in [-0.3, -0.25) is 4.79 Å². The first-order chi connectivity index (χ1) is 15.9. The monoisotopic (exact) mass is 464 g/mol. The SMILES string of the molecule is CC(C)Oc1ccc(C(=O)C(CC2CCCCC2)=C(C(=O)O)c2ccc3nsnc3c2)cc1. The first kappa shape index (κ1) is 23.1. The number of ether oxygens (including phenoxy) is 1. The van der Waals surface area contributed by atoms with Crippen LogP contribution < -0.4 is 4.74 Å². The van der Waals surface area contributed by atoms with Gasteiger partial charge >= 0.3 is 5.97 Å². The number of rotatable bonds is 8. The highest BCUT2D eigenvalue weighted by atomic mass is 32.1. The van der Waals surface area contributed by atoms with E-state index in [0.717, 1.165) is 42.9 Å². The molecular formula is C26H28N2O4S. The molecule has 0 aliphatic heterocycles. The number of carbonyl (C=O) groups is 2. The van der Waals surface area contributed by atoms with Crippen LogP contribution in [0.4, 0.5) is 0 Å². The largest absolute Gasteiger partial charge is 0.491 e. The summed E-state index contributed by atoms with van der Waals surface area (Å²) in [6, 6.07) is 12.2. The molecule has 1 heterocycles. The molecule has 7 heteroatoms. The van der Waals surface area contributed by atoms with E-state index in [1.165, 1.54) is 6.42 Å². The van der Waals surface area contributed by atoms with E-state index in [4.69, 9.17) is 4.74 Å². The smallest absolute Gasteiger partial charge is 0.336 e. The van der Waals surface area contributed by atoms with Gasteiger partial charge < -0.3 is 9.84 Å². The highest BCUT2D eigenvalue weighted by molar-refractivity contribution is 7.00. The van der Waals surface area contributed by atoms with Crippen molar-refractivity contribution >= 4 is 40.1 Å². The van der Waals surface area contributed by atoms with E-state index >= 15 is 0 Å². The van der Waals surface area contributed by atoms with Crippen molar-refractivity contribution < 1.29 is 19.4 Å². The van der Waals surface area contributed by atoms with Crippen LogP contribution in [-0.2, 0) is 4.79 Å². The van der Waals surface area contributed by atoms with Crippen molar-refractivity contribution in [2.24, 2.45) is 5.92 Å². The third-order valence-electron chi connectivity index (χ3n) is 6.04. The van der Waals surface area contributed by atoms with E-state index < -0.39 is 5.97 Å². The number of ketones is 1. The Morgan fingerprint density at radius 3 is 2.33 bits per heavy atom. The minimum Gasteiger partial charge on any atom is -0.491 e. The third kappa shape index (κ3) is 5.47. The Morgan fingerprint density at radius 1 is 1.00 bits per heavy atom. The summed E-state index contributed by atoms with van der Waals surface area (Å²) in [6.07, 6.45) is 5.94. The second kappa shape index (κ2) is 10.3. The summed E-state index contributed by atoms with van der Waals surface area (Å²) in [7, 11) is 0. The van der Waals surface area contributed by atoms with Crippen LogP contribution in [0, 0.1) is 5.92 Å². The van der Waals surface area contributed by atoms with Gasteiger partial charge in [0.1, 0.15) is 16.8 Å². The topological polar surface area (TPSA) is 89.4 Å². The summed E-state index contributed by atoms with van der Waals surface area (Å²) in [4.78, 5) is 26.2. The summed E-state index contributed by atoms with van der Waals surface area (Å²) in [5, 5.41) is 10.2. The summed E-state index contributed by atoms with van der Waals surface area (Å²) in [6.45, 7) is 3.88. The maximum atomic E-state index is 13.7. The van der Waals surface area contributed by atoms with Crippen LogP contribution in [0.2, 0.25) is 0 Å².